The van der Waals surface area contributed by atoms with E-state index in [9.17, 15) is 0 Å². The van der Waals surface area contributed by atoms with E-state index in [-0.39, 0.29) is 0 Å². The van der Waals surface area contributed by atoms with Gasteiger partial charge in [-0.2, -0.15) is 9.97 Å². The van der Waals surface area contributed by atoms with E-state index in [1.807, 2.05) is 60.7 Å². The van der Waals surface area contributed by atoms with Gasteiger partial charge in [0, 0.05) is 43.9 Å². The lowest BCUT2D eigenvalue weighted by Gasteiger charge is -2.15. The third-order valence-corrected chi connectivity index (χ3v) is 11.3. The fourth-order valence-electron chi connectivity index (χ4n) is 8.87. The van der Waals surface area contributed by atoms with Crippen LogP contribution in [0, 0.1) is 0 Å². The minimum Gasteiger partial charge on any atom is -0.292 e. The Kier molecular flexibility index (Phi) is 7.13. The molecular weight excluding hydrogens is 709 g/mol. The van der Waals surface area contributed by atoms with Crippen LogP contribution in [0.25, 0.3) is 111 Å². The molecule has 12 aromatic rings. The summed E-state index contributed by atoms with van der Waals surface area (Å²) in [4.78, 5) is 20.7. The fourth-order valence-corrected chi connectivity index (χ4v) is 8.87. The fraction of sp³-hybridized carbons (Fsp3) is 0. The standard InChI is InChI=1S/C52H32N6/c1-5-17-33(18-6-1)49-54-50(34-19-7-2-8-20-34)56-52(55-49)58-43-28-16-15-27-41(43)47-44(58)32-30-39-40-29-31-42-48(46(40)38-26-14-13-25-37(38)45(39)47)57(36-23-11-4-12-24-36)51(53-42)35-21-9-3-10-22-35/h1-32H. The molecule has 0 saturated carbocycles. The highest BCUT2D eigenvalue weighted by Crippen LogP contribution is 2.46. The quantitative estimate of drug-likeness (QED) is 0.165. The number of imidazole rings is 1. The highest BCUT2D eigenvalue weighted by Gasteiger charge is 2.24. The van der Waals surface area contributed by atoms with Gasteiger partial charge in [0.25, 0.3) is 0 Å². The Morgan fingerprint density at radius 3 is 1.47 bits per heavy atom. The molecule has 3 aromatic heterocycles. The van der Waals surface area contributed by atoms with E-state index in [0.29, 0.717) is 17.6 Å². The van der Waals surface area contributed by atoms with Crippen molar-refractivity contribution in [2.24, 2.45) is 0 Å². The van der Waals surface area contributed by atoms with Gasteiger partial charge >= 0.3 is 0 Å². The molecule has 0 amide bonds. The number of hydrogen-bond acceptors (Lipinski definition) is 4. The normalized spacial score (nSPS) is 11.8. The second-order valence-electron chi connectivity index (χ2n) is 14.6. The predicted molar refractivity (Wildman–Crippen MR) is 238 cm³/mol. The Labute approximate surface area is 333 Å². The van der Waals surface area contributed by atoms with Gasteiger partial charge in [-0.25, -0.2) is 9.97 Å². The van der Waals surface area contributed by atoms with E-state index in [0.717, 1.165) is 61.0 Å². The summed E-state index contributed by atoms with van der Waals surface area (Å²) in [5.41, 5.74) is 8.12. The molecule has 58 heavy (non-hydrogen) atoms. The van der Waals surface area contributed by atoms with Crippen LogP contribution < -0.4 is 0 Å². The van der Waals surface area contributed by atoms with E-state index in [4.69, 9.17) is 19.9 Å². The first-order valence-corrected chi connectivity index (χ1v) is 19.5. The molecule has 6 nitrogen and oxygen atoms in total. The highest BCUT2D eigenvalue weighted by molar-refractivity contribution is 6.38. The van der Waals surface area contributed by atoms with E-state index in [2.05, 4.69) is 143 Å². The summed E-state index contributed by atoms with van der Waals surface area (Å²) in [7, 11) is 0. The molecule has 0 atom stereocenters. The van der Waals surface area contributed by atoms with Crippen LogP contribution in [0.15, 0.2) is 194 Å². The van der Waals surface area contributed by atoms with Crippen molar-refractivity contribution in [1.29, 1.82) is 0 Å². The van der Waals surface area contributed by atoms with Crippen molar-refractivity contribution in [1.82, 2.24) is 29.1 Å². The van der Waals surface area contributed by atoms with Crippen LogP contribution in [0.3, 0.4) is 0 Å². The zero-order chi connectivity index (χ0) is 38.2. The second-order valence-corrected chi connectivity index (χ2v) is 14.6. The summed E-state index contributed by atoms with van der Waals surface area (Å²) in [5.74, 6) is 2.74. The van der Waals surface area contributed by atoms with Crippen molar-refractivity contribution in [2.45, 2.75) is 0 Å². The Bertz CT molecular complexity index is 3460. The average molecular weight is 741 g/mol. The van der Waals surface area contributed by atoms with E-state index >= 15 is 0 Å². The molecule has 0 aliphatic heterocycles. The number of fused-ring (bicyclic) bond motifs is 12. The number of para-hydroxylation sites is 2. The molecule has 3 heterocycles. The molecule has 0 N–H and O–H groups in total. The molecule has 0 aliphatic carbocycles. The van der Waals surface area contributed by atoms with Crippen LogP contribution in [0.2, 0.25) is 0 Å². The minimum absolute atomic E-state index is 0.574. The Hall–Kier alpha value is -7.96. The van der Waals surface area contributed by atoms with Crippen molar-refractivity contribution in [3.63, 3.8) is 0 Å². The van der Waals surface area contributed by atoms with Crippen LogP contribution in [0.1, 0.15) is 0 Å². The summed E-state index contributed by atoms with van der Waals surface area (Å²) in [6, 6.07) is 67.8. The smallest absolute Gasteiger partial charge is 0.238 e. The van der Waals surface area contributed by atoms with Gasteiger partial charge in [0.05, 0.1) is 22.1 Å². The first-order valence-electron chi connectivity index (χ1n) is 19.5. The first kappa shape index (κ1) is 32.3. The first-order chi connectivity index (χ1) is 28.8. The maximum Gasteiger partial charge on any atom is 0.238 e. The van der Waals surface area contributed by atoms with Gasteiger partial charge in [0.1, 0.15) is 5.82 Å². The van der Waals surface area contributed by atoms with E-state index in [1.165, 1.54) is 32.3 Å². The monoisotopic (exact) mass is 740 g/mol. The van der Waals surface area contributed by atoms with Crippen LogP contribution in [0.4, 0.5) is 0 Å². The van der Waals surface area contributed by atoms with Crippen molar-refractivity contribution >= 4 is 65.2 Å². The minimum atomic E-state index is 0.574. The van der Waals surface area contributed by atoms with Gasteiger partial charge < -0.3 is 0 Å². The maximum atomic E-state index is 5.32. The zero-order valence-electron chi connectivity index (χ0n) is 31.2. The average Bonchev–Trinajstić information content (AvgIpc) is 3.87. The molecule has 12 rings (SSSR count). The molecule has 0 saturated heterocycles. The zero-order valence-corrected chi connectivity index (χ0v) is 31.2. The predicted octanol–water partition coefficient (Wildman–Crippen LogP) is 12.8. The Balaban J connectivity index is 1.21. The second kappa shape index (κ2) is 12.8. The lowest BCUT2D eigenvalue weighted by molar-refractivity contribution is 0.953. The SMILES string of the molecule is c1ccc(-c2nc(-c3ccccc3)nc(-n3c4ccccc4c4c5c6ccccc6c6c(ccc7nc(-c8ccccc8)n(-c8ccccc8)c76)c5ccc43)n2)cc1. The third kappa shape index (κ3) is 4.85. The molecule has 0 bridgehead atoms. The van der Waals surface area contributed by atoms with Crippen LogP contribution in [-0.2, 0) is 0 Å². The largest absolute Gasteiger partial charge is 0.292 e. The van der Waals surface area contributed by atoms with Gasteiger partial charge in [-0.15, -0.1) is 0 Å². The van der Waals surface area contributed by atoms with Gasteiger partial charge in [-0.1, -0.05) is 164 Å². The lowest BCUT2D eigenvalue weighted by atomic mass is 9.91. The molecule has 0 unspecified atom stereocenters. The Morgan fingerprint density at radius 1 is 0.310 bits per heavy atom. The summed E-state index contributed by atoms with van der Waals surface area (Å²) in [6.07, 6.45) is 0. The molecular formula is C52H32N6. The van der Waals surface area contributed by atoms with Gasteiger partial charge in [0.15, 0.2) is 11.6 Å². The van der Waals surface area contributed by atoms with Crippen LogP contribution in [-0.4, -0.2) is 29.1 Å². The molecule has 0 fully saturated rings. The van der Waals surface area contributed by atoms with E-state index in [1.54, 1.807) is 0 Å². The number of hydrogen-bond donors (Lipinski definition) is 0. The number of benzene rings is 9. The molecule has 0 aliphatic rings. The van der Waals surface area contributed by atoms with Crippen molar-refractivity contribution in [2.75, 3.05) is 0 Å². The molecule has 9 aromatic carbocycles. The number of rotatable bonds is 5. The van der Waals surface area contributed by atoms with Gasteiger partial charge in [-0.3, -0.25) is 9.13 Å². The summed E-state index contributed by atoms with van der Waals surface area (Å²) >= 11 is 0. The third-order valence-electron chi connectivity index (χ3n) is 11.3. The van der Waals surface area contributed by atoms with Crippen molar-refractivity contribution in [3.8, 4) is 45.8 Å². The molecule has 0 radical (unpaired) electrons. The molecule has 270 valence electrons. The molecule has 6 heteroatoms. The molecule has 0 spiro atoms. The van der Waals surface area contributed by atoms with Gasteiger partial charge in [-0.05, 0) is 51.9 Å². The Morgan fingerprint density at radius 2 is 0.810 bits per heavy atom. The number of aromatic nitrogens is 6. The van der Waals surface area contributed by atoms with Crippen molar-refractivity contribution in [3.05, 3.63) is 194 Å². The summed E-state index contributed by atoms with van der Waals surface area (Å²) < 4.78 is 4.55. The maximum absolute atomic E-state index is 5.32. The van der Waals surface area contributed by atoms with Crippen LogP contribution >= 0.6 is 0 Å². The van der Waals surface area contributed by atoms with Crippen LogP contribution in [0.5, 0.6) is 0 Å². The summed E-state index contributed by atoms with van der Waals surface area (Å²) in [5, 5.41) is 9.39. The lowest BCUT2D eigenvalue weighted by Crippen LogP contribution is -2.06. The number of nitrogens with zero attached hydrogens (tertiary/aromatic N) is 6. The topological polar surface area (TPSA) is 61.4 Å². The van der Waals surface area contributed by atoms with Gasteiger partial charge in [0.2, 0.25) is 5.95 Å². The summed E-state index contributed by atoms with van der Waals surface area (Å²) in [6.45, 7) is 0. The van der Waals surface area contributed by atoms with E-state index < -0.39 is 0 Å². The van der Waals surface area contributed by atoms with Crippen molar-refractivity contribution < 1.29 is 0 Å². The highest BCUT2D eigenvalue weighted by atomic mass is 15.2.